The molecule has 1 heterocycles. The minimum atomic E-state index is -0.973. The molecule has 4 nitrogen and oxygen atoms in total. The molecule has 0 spiro atoms. The van der Waals surface area contributed by atoms with Gasteiger partial charge in [-0.05, 0) is 43.4 Å². The van der Waals surface area contributed by atoms with Gasteiger partial charge in [0.1, 0.15) is 5.60 Å². The van der Waals surface area contributed by atoms with E-state index in [4.69, 9.17) is 0 Å². The Kier molecular flexibility index (Phi) is 4.59. The van der Waals surface area contributed by atoms with Gasteiger partial charge in [-0.3, -0.25) is 4.79 Å². The molecule has 0 fully saturated rings. The van der Waals surface area contributed by atoms with Crippen molar-refractivity contribution in [2.24, 2.45) is 0 Å². The van der Waals surface area contributed by atoms with E-state index in [0.29, 0.717) is 6.42 Å². The number of amides is 1. The van der Waals surface area contributed by atoms with Crippen molar-refractivity contribution in [2.75, 3.05) is 6.54 Å². The molecular weight excluding hydrogens is 308 g/mol. The highest BCUT2D eigenvalue weighted by atomic mass is 32.1. The van der Waals surface area contributed by atoms with Gasteiger partial charge in [-0.25, -0.2) is 4.98 Å². The molecule has 0 saturated carbocycles. The molecule has 1 aromatic carbocycles. The molecular formula is C18H20N2O2S. The molecule has 1 aliphatic carbocycles. The van der Waals surface area contributed by atoms with E-state index in [1.165, 1.54) is 23.0 Å². The van der Waals surface area contributed by atoms with Gasteiger partial charge in [-0.2, -0.15) is 0 Å². The predicted molar refractivity (Wildman–Crippen MR) is 92.2 cm³/mol. The third-order valence-electron chi connectivity index (χ3n) is 4.15. The van der Waals surface area contributed by atoms with E-state index in [1.807, 2.05) is 31.2 Å². The normalized spacial score (nSPS) is 20.4. The molecule has 0 bridgehead atoms. The maximum absolute atomic E-state index is 12.0. The highest BCUT2D eigenvalue weighted by Gasteiger charge is 2.34. The van der Waals surface area contributed by atoms with Gasteiger partial charge in [0.2, 0.25) is 5.91 Å². The lowest BCUT2D eigenvalue weighted by Crippen LogP contribution is -2.42. The molecule has 120 valence electrons. The van der Waals surface area contributed by atoms with Gasteiger partial charge in [0.05, 0.1) is 11.6 Å². The number of carbonyl (C=O) groups is 1. The number of carbonyl (C=O) groups excluding carboxylic acids is 1. The quantitative estimate of drug-likeness (QED) is 0.849. The van der Waals surface area contributed by atoms with Crippen molar-refractivity contribution in [3.05, 3.63) is 57.6 Å². The first-order valence-electron chi connectivity index (χ1n) is 7.76. The van der Waals surface area contributed by atoms with Crippen LogP contribution >= 0.6 is 11.3 Å². The molecule has 1 atom stereocenters. The lowest BCUT2D eigenvalue weighted by atomic mass is 9.79. The maximum Gasteiger partial charge on any atom is 0.244 e. The van der Waals surface area contributed by atoms with E-state index in [9.17, 15) is 9.90 Å². The van der Waals surface area contributed by atoms with Crippen LogP contribution in [0.25, 0.3) is 6.08 Å². The van der Waals surface area contributed by atoms with Crippen LogP contribution in [0.5, 0.6) is 0 Å². The van der Waals surface area contributed by atoms with Crippen molar-refractivity contribution < 1.29 is 9.90 Å². The minimum Gasteiger partial charge on any atom is -0.383 e. The van der Waals surface area contributed by atoms with E-state index in [2.05, 4.69) is 10.3 Å². The van der Waals surface area contributed by atoms with Gasteiger partial charge in [0, 0.05) is 17.2 Å². The fraction of sp³-hybridized carbons (Fsp3) is 0.333. The molecule has 1 aromatic heterocycles. The molecule has 3 rings (SSSR count). The summed E-state index contributed by atoms with van der Waals surface area (Å²) in [6.45, 7) is 2.16. The van der Waals surface area contributed by atoms with Crippen LogP contribution in [0.15, 0.2) is 36.5 Å². The number of aliphatic hydroxyl groups is 1. The Morgan fingerprint density at radius 2 is 2.30 bits per heavy atom. The summed E-state index contributed by atoms with van der Waals surface area (Å²) in [4.78, 5) is 17.1. The summed E-state index contributed by atoms with van der Waals surface area (Å²) in [6, 6.07) is 7.93. The van der Waals surface area contributed by atoms with Crippen molar-refractivity contribution in [2.45, 2.75) is 31.8 Å². The number of aromatic nitrogens is 1. The second kappa shape index (κ2) is 6.64. The average molecular weight is 328 g/mol. The first kappa shape index (κ1) is 15.9. The Morgan fingerprint density at radius 1 is 1.48 bits per heavy atom. The second-order valence-electron chi connectivity index (χ2n) is 5.88. The second-order valence-corrected chi connectivity index (χ2v) is 7.14. The number of benzene rings is 1. The summed E-state index contributed by atoms with van der Waals surface area (Å²) >= 11 is 1.54. The smallest absolute Gasteiger partial charge is 0.244 e. The van der Waals surface area contributed by atoms with Gasteiger partial charge in [0.25, 0.3) is 0 Å². The zero-order chi connectivity index (χ0) is 16.3. The van der Waals surface area contributed by atoms with Crippen LogP contribution in [-0.2, 0) is 16.8 Å². The Hall–Kier alpha value is -1.98. The molecule has 0 aliphatic heterocycles. The predicted octanol–water partition coefficient (Wildman–Crippen LogP) is 2.81. The number of rotatable bonds is 4. The Morgan fingerprint density at radius 3 is 3.09 bits per heavy atom. The van der Waals surface area contributed by atoms with Crippen molar-refractivity contribution >= 4 is 23.3 Å². The molecule has 0 saturated heterocycles. The Balaban J connectivity index is 1.64. The fourth-order valence-electron chi connectivity index (χ4n) is 2.99. The summed E-state index contributed by atoms with van der Waals surface area (Å²) < 4.78 is 0. The van der Waals surface area contributed by atoms with Gasteiger partial charge in [0.15, 0.2) is 0 Å². The minimum absolute atomic E-state index is 0.201. The van der Waals surface area contributed by atoms with Crippen molar-refractivity contribution in [3.8, 4) is 0 Å². The molecule has 23 heavy (non-hydrogen) atoms. The fourth-order valence-corrected chi connectivity index (χ4v) is 3.67. The standard InChI is InChI=1S/C18H20N2O2S/c1-13-19-11-15(23-13)8-9-17(21)20-12-18(22)10-4-6-14-5-2-3-7-16(14)18/h2-3,5,7-9,11,22H,4,6,10,12H2,1H3,(H,20,21). The zero-order valence-corrected chi connectivity index (χ0v) is 13.9. The average Bonchev–Trinajstić information content (AvgIpc) is 2.97. The van der Waals surface area contributed by atoms with Crippen LogP contribution < -0.4 is 5.32 Å². The highest BCUT2D eigenvalue weighted by Crippen LogP contribution is 2.34. The van der Waals surface area contributed by atoms with Gasteiger partial charge < -0.3 is 10.4 Å². The van der Waals surface area contributed by atoms with Gasteiger partial charge in [-0.15, -0.1) is 11.3 Å². The van der Waals surface area contributed by atoms with E-state index in [-0.39, 0.29) is 12.5 Å². The highest BCUT2D eigenvalue weighted by molar-refractivity contribution is 7.12. The van der Waals surface area contributed by atoms with Gasteiger partial charge in [-0.1, -0.05) is 24.3 Å². The number of hydrogen-bond donors (Lipinski definition) is 2. The van der Waals surface area contributed by atoms with E-state index in [0.717, 1.165) is 28.3 Å². The Labute approximate surface area is 139 Å². The van der Waals surface area contributed by atoms with Gasteiger partial charge >= 0.3 is 0 Å². The number of nitrogens with one attached hydrogen (secondary N) is 1. The largest absolute Gasteiger partial charge is 0.383 e. The van der Waals surface area contributed by atoms with Crippen molar-refractivity contribution in [1.82, 2.24) is 10.3 Å². The summed E-state index contributed by atoms with van der Waals surface area (Å²) in [5, 5.41) is 14.7. The molecule has 0 radical (unpaired) electrons. The maximum atomic E-state index is 12.0. The third-order valence-corrected chi connectivity index (χ3v) is 5.03. The van der Waals surface area contributed by atoms with Crippen molar-refractivity contribution in [3.63, 3.8) is 0 Å². The SMILES string of the molecule is Cc1ncc(C=CC(=O)NCC2(O)CCCc3ccccc32)s1. The number of nitrogens with zero attached hydrogens (tertiary/aromatic N) is 1. The monoisotopic (exact) mass is 328 g/mol. The summed E-state index contributed by atoms with van der Waals surface area (Å²) in [6.07, 6.45) is 7.57. The van der Waals surface area contributed by atoms with Crippen LogP contribution in [0.2, 0.25) is 0 Å². The number of hydrogen-bond acceptors (Lipinski definition) is 4. The van der Waals surface area contributed by atoms with E-state index in [1.54, 1.807) is 12.3 Å². The first-order chi connectivity index (χ1) is 11.1. The first-order valence-corrected chi connectivity index (χ1v) is 8.58. The topological polar surface area (TPSA) is 62.2 Å². The molecule has 2 N–H and O–H groups in total. The lowest BCUT2D eigenvalue weighted by molar-refractivity contribution is -0.118. The third kappa shape index (κ3) is 3.68. The summed E-state index contributed by atoms with van der Waals surface area (Å²) in [5.41, 5.74) is 1.14. The number of thiazole rings is 1. The molecule has 1 unspecified atom stereocenters. The summed E-state index contributed by atoms with van der Waals surface area (Å²) in [5.74, 6) is -0.201. The molecule has 2 aromatic rings. The van der Waals surface area contributed by atoms with E-state index < -0.39 is 5.60 Å². The van der Waals surface area contributed by atoms with Crippen molar-refractivity contribution in [1.29, 1.82) is 0 Å². The zero-order valence-electron chi connectivity index (χ0n) is 13.1. The molecule has 1 amide bonds. The summed E-state index contributed by atoms with van der Waals surface area (Å²) in [7, 11) is 0. The van der Waals surface area contributed by atoms with Crippen LogP contribution in [-0.4, -0.2) is 22.5 Å². The molecule has 1 aliphatic rings. The van der Waals surface area contributed by atoms with Crippen LogP contribution in [0, 0.1) is 6.92 Å². The Bertz CT molecular complexity index is 738. The van der Waals surface area contributed by atoms with Crippen LogP contribution in [0.3, 0.4) is 0 Å². The number of aryl methyl sites for hydroxylation is 2. The number of fused-ring (bicyclic) bond motifs is 1. The lowest BCUT2D eigenvalue weighted by Gasteiger charge is -2.34. The van der Waals surface area contributed by atoms with Crippen LogP contribution in [0.1, 0.15) is 33.9 Å². The van der Waals surface area contributed by atoms with E-state index >= 15 is 0 Å². The molecule has 5 heteroatoms. The van der Waals surface area contributed by atoms with Crippen LogP contribution in [0.4, 0.5) is 0 Å².